The molecule has 0 aliphatic heterocycles. The number of nitrogen functional groups attached to an aromatic ring is 1. The van der Waals surface area contributed by atoms with Gasteiger partial charge in [-0.05, 0) is 67.7 Å². The molecule has 2 fully saturated rings. The maximum Gasteiger partial charge on any atom is 0.314 e. The van der Waals surface area contributed by atoms with Crippen LogP contribution in [0.3, 0.4) is 0 Å². The van der Waals surface area contributed by atoms with Crippen molar-refractivity contribution < 1.29 is 9.53 Å². The van der Waals surface area contributed by atoms with Gasteiger partial charge in [0.1, 0.15) is 5.75 Å². The molecule has 168 valence electrons. The van der Waals surface area contributed by atoms with Crippen LogP contribution in [0.5, 0.6) is 5.75 Å². The summed E-state index contributed by atoms with van der Waals surface area (Å²) in [5.41, 5.74) is 6.38. The van der Waals surface area contributed by atoms with E-state index in [0.717, 1.165) is 30.6 Å². The standard InChI is InChI=1S/C27H43NO2/c1-2-3-4-5-6-21-7-9-22(10-8-21)11-12-23-13-15-24(16-14-23)27(29)30-26-19-17-25(28)18-20-26/h17-24H,2-16,28H2,1H3. The number of rotatable bonds is 10. The van der Waals surface area contributed by atoms with Crippen LogP contribution in [0.15, 0.2) is 24.3 Å². The highest BCUT2D eigenvalue weighted by Gasteiger charge is 2.28. The largest absolute Gasteiger partial charge is 0.426 e. The van der Waals surface area contributed by atoms with Crippen LogP contribution in [0.1, 0.15) is 103 Å². The molecule has 0 aromatic heterocycles. The van der Waals surface area contributed by atoms with Crippen molar-refractivity contribution in [2.75, 3.05) is 5.73 Å². The topological polar surface area (TPSA) is 52.3 Å². The average molecular weight is 414 g/mol. The Kier molecular flexibility index (Phi) is 9.55. The highest BCUT2D eigenvalue weighted by atomic mass is 16.5. The molecule has 1 aromatic carbocycles. The molecule has 0 radical (unpaired) electrons. The molecule has 0 heterocycles. The summed E-state index contributed by atoms with van der Waals surface area (Å²) in [6.45, 7) is 2.30. The monoisotopic (exact) mass is 413 g/mol. The molecule has 1 aromatic rings. The van der Waals surface area contributed by atoms with Crippen LogP contribution in [0.4, 0.5) is 5.69 Å². The van der Waals surface area contributed by atoms with Gasteiger partial charge in [0.15, 0.2) is 0 Å². The summed E-state index contributed by atoms with van der Waals surface area (Å²) in [5.74, 6) is 3.41. The summed E-state index contributed by atoms with van der Waals surface area (Å²) in [4.78, 5) is 12.5. The lowest BCUT2D eigenvalue weighted by Gasteiger charge is -2.31. The SMILES string of the molecule is CCCCCCC1CCC(CCC2CCC(C(=O)Oc3ccc(N)cc3)CC2)CC1. The van der Waals surface area contributed by atoms with Crippen molar-refractivity contribution in [3.63, 3.8) is 0 Å². The van der Waals surface area contributed by atoms with Gasteiger partial charge in [-0.15, -0.1) is 0 Å². The van der Waals surface area contributed by atoms with Crippen molar-refractivity contribution in [3.8, 4) is 5.75 Å². The molecule has 0 atom stereocenters. The number of esters is 1. The molecule has 3 rings (SSSR count). The Morgan fingerprint density at radius 3 is 1.90 bits per heavy atom. The van der Waals surface area contributed by atoms with Crippen molar-refractivity contribution in [2.45, 2.75) is 103 Å². The number of ether oxygens (including phenoxy) is 1. The maximum atomic E-state index is 12.5. The number of hydrogen-bond donors (Lipinski definition) is 1. The zero-order valence-corrected chi connectivity index (χ0v) is 19.1. The minimum Gasteiger partial charge on any atom is -0.426 e. The predicted octanol–water partition coefficient (Wildman–Crippen LogP) is 7.54. The molecular weight excluding hydrogens is 370 g/mol. The molecule has 0 spiro atoms. The van der Waals surface area contributed by atoms with E-state index >= 15 is 0 Å². The average Bonchev–Trinajstić information content (AvgIpc) is 2.78. The second kappa shape index (κ2) is 12.4. The van der Waals surface area contributed by atoms with Gasteiger partial charge in [0, 0.05) is 5.69 Å². The van der Waals surface area contributed by atoms with E-state index in [1.165, 1.54) is 83.5 Å². The fourth-order valence-corrected chi connectivity index (χ4v) is 5.56. The molecule has 0 unspecified atom stereocenters. The third kappa shape index (κ3) is 7.63. The molecule has 2 saturated carbocycles. The maximum absolute atomic E-state index is 12.5. The zero-order valence-electron chi connectivity index (χ0n) is 19.1. The van der Waals surface area contributed by atoms with Gasteiger partial charge in [0.25, 0.3) is 0 Å². The lowest BCUT2D eigenvalue weighted by molar-refractivity contribution is -0.140. The zero-order chi connectivity index (χ0) is 21.2. The molecule has 0 amide bonds. The van der Waals surface area contributed by atoms with Crippen molar-refractivity contribution in [2.24, 2.45) is 23.7 Å². The molecule has 2 N–H and O–H groups in total. The Labute approximate surface area is 184 Å². The summed E-state index contributed by atoms with van der Waals surface area (Å²) in [5, 5.41) is 0. The molecular formula is C27H43NO2. The van der Waals surface area contributed by atoms with E-state index in [-0.39, 0.29) is 11.9 Å². The fraction of sp³-hybridized carbons (Fsp3) is 0.741. The van der Waals surface area contributed by atoms with Gasteiger partial charge < -0.3 is 10.5 Å². The van der Waals surface area contributed by atoms with Crippen LogP contribution >= 0.6 is 0 Å². The minimum absolute atomic E-state index is 0.0597. The number of hydrogen-bond acceptors (Lipinski definition) is 3. The van der Waals surface area contributed by atoms with Crippen molar-refractivity contribution in [1.82, 2.24) is 0 Å². The van der Waals surface area contributed by atoms with Crippen LogP contribution in [0, 0.1) is 23.7 Å². The number of unbranched alkanes of at least 4 members (excludes halogenated alkanes) is 3. The third-order valence-corrected chi connectivity index (χ3v) is 7.69. The number of carbonyl (C=O) groups excluding carboxylic acids is 1. The Bertz CT molecular complexity index is 610. The summed E-state index contributed by atoms with van der Waals surface area (Å²) in [6.07, 6.45) is 20.1. The lowest BCUT2D eigenvalue weighted by atomic mass is 9.75. The van der Waals surface area contributed by atoms with Crippen LogP contribution in [-0.4, -0.2) is 5.97 Å². The quantitative estimate of drug-likeness (QED) is 0.186. The van der Waals surface area contributed by atoms with E-state index in [0.29, 0.717) is 11.4 Å². The van der Waals surface area contributed by atoms with Crippen LogP contribution in [0.25, 0.3) is 0 Å². The first-order chi connectivity index (χ1) is 14.6. The summed E-state index contributed by atoms with van der Waals surface area (Å²) >= 11 is 0. The number of benzene rings is 1. The van der Waals surface area contributed by atoms with Gasteiger partial charge in [0.05, 0.1) is 5.92 Å². The molecule has 2 aliphatic rings. The van der Waals surface area contributed by atoms with Gasteiger partial charge >= 0.3 is 5.97 Å². The van der Waals surface area contributed by atoms with Gasteiger partial charge in [-0.2, -0.15) is 0 Å². The van der Waals surface area contributed by atoms with Crippen LogP contribution < -0.4 is 10.5 Å². The lowest BCUT2D eigenvalue weighted by Crippen LogP contribution is -2.26. The Morgan fingerprint density at radius 2 is 1.33 bits per heavy atom. The highest BCUT2D eigenvalue weighted by molar-refractivity contribution is 5.75. The molecule has 3 heteroatoms. The first-order valence-corrected chi connectivity index (χ1v) is 12.7. The van der Waals surface area contributed by atoms with Crippen LogP contribution in [-0.2, 0) is 4.79 Å². The molecule has 3 nitrogen and oxygen atoms in total. The normalized spacial score (nSPS) is 27.0. The van der Waals surface area contributed by atoms with Gasteiger partial charge in [-0.1, -0.05) is 77.6 Å². The number of carbonyl (C=O) groups is 1. The van der Waals surface area contributed by atoms with E-state index in [2.05, 4.69) is 6.92 Å². The number of anilines is 1. The fourth-order valence-electron chi connectivity index (χ4n) is 5.56. The molecule has 2 aliphatic carbocycles. The Morgan fingerprint density at radius 1 is 0.800 bits per heavy atom. The first kappa shape index (κ1) is 23.2. The van der Waals surface area contributed by atoms with E-state index in [9.17, 15) is 4.79 Å². The summed E-state index contributed by atoms with van der Waals surface area (Å²) in [7, 11) is 0. The van der Waals surface area contributed by atoms with E-state index in [1.54, 1.807) is 24.3 Å². The summed E-state index contributed by atoms with van der Waals surface area (Å²) in [6, 6.07) is 7.11. The van der Waals surface area contributed by atoms with Gasteiger partial charge in [-0.25, -0.2) is 0 Å². The first-order valence-electron chi connectivity index (χ1n) is 12.7. The Hall–Kier alpha value is -1.51. The molecule has 30 heavy (non-hydrogen) atoms. The Balaban J connectivity index is 1.27. The van der Waals surface area contributed by atoms with Crippen molar-refractivity contribution >= 4 is 11.7 Å². The second-order valence-electron chi connectivity index (χ2n) is 10.0. The molecule has 0 saturated heterocycles. The predicted molar refractivity (Wildman–Crippen MR) is 125 cm³/mol. The van der Waals surface area contributed by atoms with Crippen LogP contribution in [0.2, 0.25) is 0 Å². The van der Waals surface area contributed by atoms with Gasteiger partial charge in [0.2, 0.25) is 0 Å². The van der Waals surface area contributed by atoms with Crippen molar-refractivity contribution in [1.29, 1.82) is 0 Å². The van der Waals surface area contributed by atoms with E-state index in [1.807, 2.05) is 0 Å². The molecule has 0 bridgehead atoms. The van der Waals surface area contributed by atoms with Gasteiger partial charge in [-0.3, -0.25) is 4.79 Å². The second-order valence-corrected chi connectivity index (χ2v) is 10.0. The van der Waals surface area contributed by atoms with E-state index < -0.39 is 0 Å². The highest BCUT2D eigenvalue weighted by Crippen LogP contribution is 2.38. The minimum atomic E-state index is -0.0597. The van der Waals surface area contributed by atoms with E-state index in [4.69, 9.17) is 10.5 Å². The summed E-state index contributed by atoms with van der Waals surface area (Å²) < 4.78 is 5.56. The third-order valence-electron chi connectivity index (χ3n) is 7.69. The smallest absolute Gasteiger partial charge is 0.314 e. The number of nitrogens with two attached hydrogens (primary N) is 1. The van der Waals surface area contributed by atoms with Crippen molar-refractivity contribution in [3.05, 3.63) is 24.3 Å².